The molecule has 1 aromatic carbocycles. The van der Waals surface area contributed by atoms with Crippen LogP contribution in [0.1, 0.15) is 12.0 Å². The first-order valence-corrected chi connectivity index (χ1v) is 4.86. The van der Waals surface area contributed by atoms with Crippen molar-refractivity contribution in [2.45, 2.75) is 19.4 Å². The van der Waals surface area contributed by atoms with E-state index in [9.17, 15) is 0 Å². The molecule has 0 amide bonds. The minimum atomic E-state index is 0. The molecule has 0 radical (unpaired) electrons. The average Bonchev–Trinajstić information content (AvgIpc) is 2.64. The Morgan fingerprint density at radius 1 is 1.47 bits per heavy atom. The molecule has 1 fully saturated rings. The standard InChI is InChI=1S/C11H15NO2.ClH/c1-8-6-9(2-3-11(8)12)14-10-4-5-13-7-10;/h2-3,6,10H,4-5,7,12H2,1H3;1H. The van der Waals surface area contributed by atoms with Crippen molar-refractivity contribution in [3.05, 3.63) is 23.8 Å². The molecule has 0 aromatic heterocycles. The molecule has 15 heavy (non-hydrogen) atoms. The number of nitrogens with two attached hydrogens (primary N) is 1. The van der Waals surface area contributed by atoms with Gasteiger partial charge >= 0.3 is 0 Å². The fraction of sp³-hybridized carbons (Fsp3) is 0.455. The van der Waals surface area contributed by atoms with Crippen molar-refractivity contribution in [1.29, 1.82) is 0 Å². The third-order valence-corrected chi connectivity index (χ3v) is 2.43. The van der Waals surface area contributed by atoms with Gasteiger partial charge in [0.25, 0.3) is 0 Å². The first-order valence-electron chi connectivity index (χ1n) is 4.86. The molecule has 0 bridgehead atoms. The van der Waals surface area contributed by atoms with Gasteiger partial charge < -0.3 is 15.2 Å². The van der Waals surface area contributed by atoms with Gasteiger partial charge in [-0.05, 0) is 30.7 Å². The number of benzene rings is 1. The summed E-state index contributed by atoms with van der Waals surface area (Å²) in [7, 11) is 0. The van der Waals surface area contributed by atoms with Gasteiger partial charge in [-0.1, -0.05) is 0 Å². The highest BCUT2D eigenvalue weighted by Crippen LogP contribution is 2.21. The first kappa shape index (κ1) is 12.1. The van der Waals surface area contributed by atoms with Crippen LogP contribution in [-0.2, 0) is 4.74 Å². The molecular formula is C11H16ClNO2. The Hall–Kier alpha value is -0.930. The van der Waals surface area contributed by atoms with E-state index < -0.39 is 0 Å². The number of halogens is 1. The second kappa shape index (κ2) is 5.24. The summed E-state index contributed by atoms with van der Waals surface area (Å²) in [5, 5.41) is 0. The molecule has 4 heteroatoms. The van der Waals surface area contributed by atoms with Crippen molar-refractivity contribution in [3.8, 4) is 5.75 Å². The van der Waals surface area contributed by atoms with E-state index in [0.717, 1.165) is 30.0 Å². The second-order valence-electron chi connectivity index (χ2n) is 3.62. The van der Waals surface area contributed by atoms with E-state index in [4.69, 9.17) is 15.2 Å². The van der Waals surface area contributed by atoms with Gasteiger partial charge in [0.1, 0.15) is 11.9 Å². The van der Waals surface area contributed by atoms with Crippen molar-refractivity contribution in [3.63, 3.8) is 0 Å². The van der Waals surface area contributed by atoms with Crippen LogP contribution in [0, 0.1) is 6.92 Å². The van der Waals surface area contributed by atoms with Crippen molar-refractivity contribution in [2.75, 3.05) is 18.9 Å². The van der Waals surface area contributed by atoms with E-state index in [1.807, 2.05) is 25.1 Å². The molecule has 2 rings (SSSR count). The fourth-order valence-corrected chi connectivity index (χ4v) is 1.52. The van der Waals surface area contributed by atoms with E-state index in [1.165, 1.54) is 0 Å². The number of anilines is 1. The lowest BCUT2D eigenvalue weighted by Gasteiger charge is -2.12. The van der Waals surface area contributed by atoms with Crippen LogP contribution >= 0.6 is 12.4 Å². The second-order valence-corrected chi connectivity index (χ2v) is 3.62. The van der Waals surface area contributed by atoms with Crippen LogP contribution in [0.25, 0.3) is 0 Å². The predicted molar refractivity (Wildman–Crippen MR) is 62.7 cm³/mol. The predicted octanol–water partition coefficient (Wildman–Crippen LogP) is 2.17. The normalized spacial score (nSPS) is 19.7. The zero-order valence-corrected chi connectivity index (χ0v) is 9.55. The zero-order valence-electron chi connectivity index (χ0n) is 8.73. The van der Waals surface area contributed by atoms with E-state index >= 15 is 0 Å². The molecule has 0 spiro atoms. The minimum absolute atomic E-state index is 0. The topological polar surface area (TPSA) is 44.5 Å². The molecule has 0 aliphatic carbocycles. The lowest BCUT2D eigenvalue weighted by atomic mass is 10.2. The van der Waals surface area contributed by atoms with Crippen molar-refractivity contribution < 1.29 is 9.47 Å². The summed E-state index contributed by atoms with van der Waals surface area (Å²) in [4.78, 5) is 0. The summed E-state index contributed by atoms with van der Waals surface area (Å²) in [5.41, 5.74) is 7.58. The largest absolute Gasteiger partial charge is 0.488 e. The Bertz CT molecular complexity index is 324. The highest BCUT2D eigenvalue weighted by Gasteiger charge is 2.17. The van der Waals surface area contributed by atoms with E-state index in [1.54, 1.807) is 0 Å². The molecule has 0 saturated carbocycles. The Morgan fingerprint density at radius 3 is 2.87 bits per heavy atom. The monoisotopic (exact) mass is 229 g/mol. The van der Waals surface area contributed by atoms with E-state index in [2.05, 4.69) is 0 Å². The molecular weight excluding hydrogens is 214 g/mol. The van der Waals surface area contributed by atoms with Crippen molar-refractivity contribution in [1.82, 2.24) is 0 Å². The Kier molecular flexibility index (Phi) is 4.24. The maximum absolute atomic E-state index is 5.73. The highest BCUT2D eigenvalue weighted by molar-refractivity contribution is 5.85. The summed E-state index contributed by atoms with van der Waals surface area (Å²) in [6.45, 7) is 3.48. The molecule has 1 saturated heterocycles. The maximum Gasteiger partial charge on any atom is 0.124 e. The smallest absolute Gasteiger partial charge is 0.124 e. The third kappa shape index (κ3) is 3.01. The van der Waals surface area contributed by atoms with Crippen LogP contribution in [0.5, 0.6) is 5.75 Å². The third-order valence-electron chi connectivity index (χ3n) is 2.43. The Balaban J connectivity index is 0.00000112. The van der Waals surface area contributed by atoms with Crippen molar-refractivity contribution >= 4 is 18.1 Å². The van der Waals surface area contributed by atoms with Crippen LogP contribution < -0.4 is 10.5 Å². The summed E-state index contributed by atoms with van der Waals surface area (Å²) >= 11 is 0. The quantitative estimate of drug-likeness (QED) is 0.791. The highest BCUT2D eigenvalue weighted by atomic mass is 35.5. The van der Waals surface area contributed by atoms with Crippen LogP contribution in [0.15, 0.2) is 18.2 Å². The van der Waals surface area contributed by atoms with Gasteiger partial charge in [-0.15, -0.1) is 12.4 Å². The Morgan fingerprint density at radius 2 is 2.27 bits per heavy atom. The van der Waals surface area contributed by atoms with Crippen LogP contribution in [0.3, 0.4) is 0 Å². The van der Waals surface area contributed by atoms with Gasteiger partial charge in [-0.3, -0.25) is 0 Å². The molecule has 3 nitrogen and oxygen atoms in total. The lowest BCUT2D eigenvalue weighted by molar-refractivity contribution is 0.141. The number of aryl methyl sites for hydroxylation is 1. The van der Waals surface area contributed by atoms with Gasteiger partial charge in [0.15, 0.2) is 0 Å². The van der Waals surface area contributed by atoms with Crippen LogP contribution in [0.2, 0.25) is 0 Å². The molecule has 1 aliphatic heterocycles. The van der Waals surface area contributed by atoms with Crippen LogP contribution in [-0.4, -0.2) is 19.3 Å². The number of hydrogen-bond acceptors (Lipinski definition) is 3. The van der Waals surface area contributed by atoms with Gasteiger partial charge in [-0.2, -0.15) is 0 Å². The Labute approximate surface area is 96.0 Å². The van der Waals surface area contributed by atoms with Crippen molar-refractivity contribution in [2.24, 2.45) is 0 Å². The number of hydrogen-bond donors (Lipinski definition) is 1. The van der Waals surface area contributed by atoms with Gasteiger partial charge in [0, 0.05) is 12.1 Å². The van der Waals surface area contributed by atoms with E-state index in [-0.39, 0.29) is 18.5 Å². The number of nitrogen functional groups attached to an aromatic ring is 1. The van der Waals surface area contributed by atoms with Gasteiger partial charge in [0.05, 0.1) is 13.2 Å². The maximum atomic E-state index is 5.73. The minimum Gasteiger partial charge on any atom is -0.488 e. The number of rotatable bonds is 2. The molecule has 1 aliphatic rings. The molecule has 84 valence electrons. The summed E-state index contributed by atoms with van der Waals surface area (Å²) in [6, 6.07) is 5.74. The fourth-order valence-electron chi connectivity index (χ4n) is 1.52. The molecule has 1 atom stereocenters. The molecule has 1 aromatic rings. The summed E-state index contributed by atoms with van der Waals surface area (Å²) < 4.78 is 11.0. The van der Waals surface area contributed by atoms with Gasteiger partial charge in [0.2, 0.25) is 0 Å². The van der Waals surface area contributed by atoms with Crippen LogP contribution in [0.4, 0.5) is 5.69 Å². The molecule has 1 heterocycles. The summed E-state index contributed by atoms with van der Waals surface area (Å²) in [6.07, 6.45) is 1.18. The lowest BCUT2D eigenvalue weighted by Crippen LogP contribution is -2.15. The molecule has 1 unspecified atom stereocenters. The van der Waals surface area contributed by atoms with E-state index in [0.29, 0.717) is 6.61 Å². The zero-order chi connectivity index (χ0) is 9.97. The first-order chi connectivity index (χ1) is 6.75. The molecule has 2 N–H and O–H groups in total. The van der Waals surface area contributed by atoms with Gasteiger partial charge in [-0.25, -0.2) is 0 Å². The number of ether oxygens (including phenoxy) is 2. The SMILES string of the molecule is Cc1cc(OC2CCOC2)ccc1N.Cl. The average molecular weight is 230 g/mol. The summed E-state index contributed by atoms with van der Waals surface area (Å²) in [5.74, 6) is 0.882.